The van der Waals surface area contributed by atoms with E-state index in [4.69, 9.17) is 26.4 Å². The zero-order valence-electron chi connectivity index (χ0n) is 16.0. The van der Waals surface area contributed by atoms with Crippen LogP contribution in [0.2, 0.25) is 0 Å². The van der Waals surface area contributed by atoms with E-state index in [0.29, 0.717) is 23.2 Å². The number of nitrogens with one attached hydrogen (secondary N) is 1. The van der Waals surface area contributed by atoms with Crippen molar-refractivity contribution in [2.24, 2.45) is 5.92 Å². The van der Waals surface area contributed by atoms with Crippen LogP contribution < -0.4 is 19.7 Å². The Bertz CT molecular complexity index is 920. The number of fused-ring (bicyclic) bond motifs is 4. The lowest BCUT2D eigenvalue weighted by Gasteiger charge is -2.55. The van der Waals surface area contributed by atoms with Gasteiger partial charge in [-0.25, -0.2) is 0 Å². The number of hydrogen-bond acceptors (Lipinski definition) is 5. The summed E-state index contributed by atoms with van der Waals surface area (Å²) in [5.74, 6) is 0.264. The minimum atomic E-state index is -1.08. The molecule has 146 valence electrons. The standard InChI is InChI=1S/C21H22N2O4S/c1-4-26-15-12-8-11-14-17-16(19(24)25-3)21(2,27-18(14)15)23(20(28)22-17)13-9-6-5-7-10-13/h5-12,16-17H,4H2,1-3H3,(H,22,28)/t16-,17+,21-/m0/s1. The fourth-order valence-electron chi connectivity index (χ4n) is 4.09. The smallest absolute Gasteiger partial charge is 0.317 e. The number of nitrogens with zero attached hydrogens (tertiary/aromatic N) is 1. The van der Waals surface area contributed by atoms with Gasteiger partial charge in [-0.05, 0) is 44.3 Å². The number of rotatable bonds is 4. The summed E-state index contributed by atoms with van der Waals surface area (Å²) >= 11 is 5.68. The van der Waals surface area contributed by atoms with Gasteiger partial charge in [0.1, 0.15) is 5.92 Å². The van der Waals surface area contributed by atoms with Gasteiger partial charge in [0.15, 0.2) is 16.6 Å². The van der Waals surface area contributed by atoms with E-state index in [2.05, 4.69) is 5.32 Å². The summed E-state index contributed by atoms with van der Waals surface area (Å²) in [7, 11) is 1.39. The van der Waals surface area contributed by atoms with Crippen LogP contribution in [0.25, 0.3) is 0 Å². The van der Waals surface area contributed by atoms with Gasteiger partial charge in [0.2, 0.25) is 5.72 Å². The molecular weight excluding hydrogens is 376 g/mol. The molecular formula is C21H22N2O4S. The number of thiocarbonyl (C=S) groups is 1. The van der Waals surface area contributed by atoms with Crippen molar-refractivity contribution < 1.29 is 19.0 Å². The summed E-state index contributed by atoms with van der Waals surface area (Å²) in [6.45, 7) is 4.30. The maximum atomic E-state index is 12.8. The molecule has 2 aromatic rings. The fourth-order valence-corrected chi connectivity index (χ4v) is 4.51. The molecule has 28 heavy (non-hydrogen) atoms. The maximum Gasteiger partial charge on any atom is 0.317 e. The first-order valence-corrected chi connectivity index (χ1v) is 9.60. The average Bonchev–Trinajstić information content (AvgIpc) is 2.68. The number of methoxy groups -OCH3 is 1. The van der Waals surface area contributed by atoms with Gasteiger partial charge >= 0.3 is 5.97 Å². The Balaban J connectivity index is 1.92. The average molecular weight is 398 g/mol. The minimum Gasteiger partial charge on any atom is -0.490 e. The highest BCUT2D eigenvalue weighted by atomic mass is 32.1. The summed E-state index contributed by atoms with van der Waals surface area (Å²) in [6.07, 6.45) is 0. The summed E-state index contributed by atoms with van der Waals surface area (Å²) in [6, 6.07) is 14.9. The van der Waals surface area contributed by atoms with E-state index in [1.165, 1.54) is 7.11 Å². The van der Waals surface area contributed by atoms with Gasteiger partial charge in [-0.3, -0.25) is 9.69 Å². The van der Waals surface area contributed by atoms with Crippen LogP contribution in [0.3, 0.4) is 0 Å². The number of ether oxygens (including phenoxy) is 3. The van der Waals surface area contributed by atoms with Crippen molar-refractivity contribution in [3.63, 3.8) is 0 Å². The van der Waals surface area contributed by atoms with Crippen molar-refractivity contribution in [2.45, 2.75) is 25.6 Å². The highest BCUT2D eigenvalue weighted by Gasteiger charge is 2.60. The third kappa shape index (κ3) is 2.69. The van der Waals surface area contributed by atoms with Gasteiger partial charge < -0.3 is 19.5 Å². The van der Waals surface area contributed by atoms with Crippen LogP contribution in [0, 0.1) is 5.92 Å². The van der Waals surface area contributed by atoms with Crippen molar-refractivity contribution in [1.82, 2.24) is 5.32 Å². The molecule has 1 N–H and O–H groups in total. The van der Waals surface area contributed by atoms with Gasteiger partial charge in [-0.2, -0.15) is 0 Å². The molecule has 4 rings (SSSR count). The molecule has 2 aromatic carbocycles. The van der Waals surface area contributed by atoms with E-state index in [9.17, 15) is 4.79 Å². The van der Waals surface area contributed by atoms with E-state index in [-0.39, 0.29) is 12.0 Å². The Hall–Kier alpha value is -2.80. The molecule has 0 amide bonds. The van der Waals surface area contributed by atoms with Crippen molar-refractivity contribution in [3.05, 3.63) is 54.1 Å². The maximum absolute atomic E-state index is 12.8. The van der Waals surface area contributed by atoms with Gasteiger partial charge in [-0.15, -0.1) is 0 Å². The van der Waals surface area contributed by atoms with Crippen LogP contribution in [-0.2, 0) is 9.53 Å². The lowest BCUT2D eigenvalue weighted by atomic mass is 9.79. The second kappa shape index (κ2) is 6.98. The zero-order valence-corrected chi connectivity index (χ0v) is 16.8. The van der Waals surface area contributed by atoms with Crippen LogP contribution in [0.5, 0.6) is 11.5 Å². The predicted octanol–water partition coefficient (Wildman–Crippen LogP) is 3.42. The van der Waals surface area contributed by atoms with E-state index < -0.39 is 11.6 Å². The summed E-state index contributed by atoms with van der Waals surface area (Å²) < 4.78 is 17.4. The van der Waals surface area contributed by atoms with E-state index in [0.717, 1.165) is 11.3 Å². The molecule has 2 heterocycles. The minimum absolute atomic E-state index is 0.365. The van der Waals surface area contributed by atoms with Crippen LogP contribution in [-0.4, -0.2) is 30.5 Å². The monoisotopic (exact) mass is 398 g/mol. The fraction of sp³-hybridized carbons (Fsp3) is 0.333. The molecule has 6 nitrogen and oxygen atoms in total. The van der Waals surface area contributed by atoms with E-state index in [1.807, 2.05) is 67.3 Å². The Morgan fingerprint density at radius 2 is 2.00 bits per heavy atom. The number of benzene rings is 2. The van der Waals surface area contributed by atoms with E-state index in [1.54, 1.807) is 0 Å². The molecule has 2 aliphatic heterocycles. The first-order valence-electron chi connectivity index (χ1n) is 9.19. The van der Waals surface area contributed by atoms with Crippen molar-refractivity contribution in [1.29, 1.82) is 0 Å². The molecule has 0 radical (unpaired) electrons. The predicted molar refractivity (Wildman–Crippen MR) is 110 cm³/mol. The van der Waals surface area contributed by atoms with Crippen molar-refractivity contribution in [2.75, 3.05) is 18.6 Å². The molecule has 0 unspecified atom stereocenters. The number of para-hydroxylation sites is 2. The number of hydrogen-bond donors (Lipinski definition) is 1. The molecule has 0 spiro atoms. The first kappa shape index (κ1) is 18.6. The topological polar surface area (TPSA) is 60.0 Å². The van der Waals surface area contributed by atoms with Gasteiger partial charge in [0.05, 0.1) is 19.8 Å². The molecule has 7 heteroatoms. The van der Waals surface area contributed by atoms with Crippen LogP contribution >= 0.6 is 12.2 Å². The third-order valence-corrected chi connectivity index (χ3v) is 5.56. The molecule has 3 atom stereocenters. The van der Waals surface area contributed by atoms with Gasteiger partial charge in [0, 0.05) is 11.3 Å². The molecule has 1 saturated heterocycles. The van der Waals surface area contributed by atoms with E-state index >= 15 is 0 Å². The second-order valence-corrected chi connectivity index (χ2v) is 7.25. The van der Waals surface area contributed by atoms with Crippen LogP contribution in [0.4, 0.5) is 5.69 Å². The Kier molecular flexibility index (Phi) is 4.63. The van der Waals surface area contributed by atoms with Crippen LogP contribution in [0.1, 0.15) is 25.5 Å². The third-order valence-electron chi connectivity index (χ3n) is 5.26. The normalized spacial score (nSPS) is 25.2. The Labute approximate surface area is 169 Å². The molecule has 1 fully saturated rings. The number of anilines is 1. The quantitative estimate of drug-likeness (QED) is 0.625. The number of carbonyl (C=O) groups excluding carboxylic acids is 1. The molecule has 0 saturated carbocycles. The second-order valence-electron chi connectivity index (χ2n) is 6.86. The Morgan fingerprint density at radius 1 is 1.25 bits per heavy atom. The SMILES string of the molecule is CCOc1cccc2c1O[C@@]1(C)[C@H](C(=O)OC)[C@@H]2NC(=S)N1c1ccccc1. The lowest BCUT2D eigenvalue weighted by molar-refractivity contribution is -0.157. The number of carbonyl (C=O) groups is 1. The number of esters is 1. The molecule has 2 bridgehead atoms. The molecule has 0 aliphatic carbocycles. The van der Waals surface area contributed by atoms with Crippen molar-refractivity contribution in [3.8, 4) is 11.5 Å². The largest absolute Gasteiger partial charge is 0.490 e. The summed E-state index contributed by atoms with van der Waals surface area (Å²) in [5, 5.41) is 3.83. The van der Waals surface area contributed by atoms with Crippen molar-refractivity contribution >= 4 is 29.0 Å². The molecule has 0 aromatic heterocycles. The highest BCUT2D eigenvalue weighted by Crippen LogP contribution is 2.52. The Morgan fingerprint density at radius 3 is 2.68 bits per heavy atom. The summed E-state index contributed by atoms with van der Waals surface area (Å²) in [5.41, 5.74) is 0.572. The highest BCUT2D eigenvalue weighted by molar-refractivity contribution is 7.80. The lowest BCUT2D eigenvalue weighted by Crippen LogP contribution is -2.71. The van der Waals surface area contributed by atoms with Crippen LogP contribution in [0.15, 0.2) is 48.5 Å². The van der Waals surface area contributed by atoms with Gasteiger partial charge in [0.25, 0.3) is 0 Å². The zero-order chi connectivity index (χ0) is 19.9. The summed E-state index contributed by atoms with van der Waals surface area (Å²) in [4.78, 5) is 14.7. The molecule has 2 aliphatic rings. The van der Waals surface area contributed by atoms with Gasteiger partial charge in [-0.1, -0.05) is 30.3 Å². The first-order chi connectivity index (χ1) is 13.5.